The van der Waals surface area contributed by atoms with Crippen LogP contribution in [0.4, 0.5) is 0 Å². The Morgan fingerprint density at radius 2 is 2.35 bits per heavy atom. The lowest BCUT2D eigenvalue weighted by molar-refractivity contribution is -0.121. The number of nitrogens with zero attached hydrogens (tertiary/aromatic N) is 2. The van der Waals surface area contributed by atoms with Crippen molar-refractivity contribution in [2.24, 2.45) is 0 Å². The zero-order valence-corrected chi connectivity index (χ0v) is 15.4. The number of benzene rings is 1. The molecule has 7 heteroatoms. The first kappa shape index (κ1) is 16.7. The molecule has 0 spiro atoms. The number of para-hydroxylation sites is 1. The third-order valence-electron chi connectivity index (χ3n) is 4.12. The van der Waals surface area contributed by atoms with Crippen LogP contribution in [0.3, 0.4) is 0 Å². The van der Waals surface area contributed by atoms with E-state index in [2.05, 4.69) is 10.3 Å². The summed E-state index contributed by atoms with van der Waals surface area (Å²) in [7, 11) is 0. The van der Waals surface area contributed by atoms with Crippen LogP contribution in [-0.4, -0.2) is 21.9 Å². The molecule has 134 valence electrons. The molecular weight excluding hydrogens is 350 g/mol. The molecule has 1 unspecified atom stereocenters. The first-order valence-electron chi connectivity index (χ1n) is 8.49. The summed E-state index contributed by atoms with van der Waals surface area (Å²) in [6, 6.07) is 7.48. The van der Waals surface area contributed by atoms with E-state index >= 15 is 0 Å². The fourth-order valence-corrected chi connectivity index (χ4v) is 3.65. The monoisotopic (exact) mass is 369 g/mol. The molecule has 4 rings (SSSR count). The Hall–Kier alpha value is -2.80. The van der Waals surface area contributed by atoms with Crippen molar-refractivity contribution in [2.45, 2.75) is 26.3 Å². The summed E-state index contributed by atoms with van der Waals surface area (Å²) in [4.78, 5) is 17.7. The Kier molecular flexibility index (Phi) is 4.38. The minimum atomic E-state index is -0.242. The van der Waals surface area contributed by atoms with Gasteiger partial charge in [0.15, 0.2) is 16.3 Å². The van der Waals surface area contributed by atoms with Crippen LogP contribution in [0.1, 0.15) is 31.3 Å². The number of fused-ring (bicyclic) bond motifs is 2. The summed E-state index contributed by atoms with van der Waals surface area (Å²) in [5.74, 6) is 1.33. The van der Waals surface area contributed by atoms with Crippen molar-refractivity contribution < 1.29 is 13.9 Å². The summed E-state index contributed by atoms with van der Waals surface area (Å²) >= 11 is 1.55. The Morgan fingerprint density at radius 3 is 3.15 bits per heavy atom. The van der Waals surface area contributed by atoms with Crippen LogP contribution >= 0.6 is 11.3 Å². The van der Waals surface area contributed by atoms with Gasteiger partial charge in [-0.1, -0.05) is 12.1 Å². The minimum Gasteiger partial charge on any atom is -0.490 e. The zero-order valence-electron chi connectivity index (χ0n) is 14.6. The summed E-state index contributed by atoms with van der Waals surface area (Å²) in [5, 5.41) is 5.90. The Morgan fingerprint density at radius 1 is 1.46 bits per heavy atom. The van der Waals surface area contributed by atoms with Crippen molar-refractivity contribution in [1.29, 1.82) is 0 Å². The smallest absolute Gasteiger partial charge is 0.226 e. The van der Waals surface area contributed by atoms with E-state index in [9.17, 15) is 4.79 Å². The largest absolute Gasteiger partial charge is 0.490 e. The average Bonchev–Trinajstić information content (AvgIpc) is 3.29. The van der Waals surface area contributed by atoms with E-state index in [-0.39, 0.29) is 18.4 Å². The summed E-state index contributed by atoms with van der Waals surface area (Å²) in [6.45, 7) is 4.41. The fourth-order valence-electron chi connectivity index (χ4n) is 2.93. The number of nitrogens with one attached hydrogen (secondary N) is 1. The lowest BCUT2D eigenvalue weighted by Gasteiger charge is -2.10. The first-order chi connectivity index (χ1) is 12.6. The normalized spacial score (nSPS) is 12.5. The standard InChI is InChI=1S/C19H19N3O3S/c1-3-24-15-6-4-5-13-9-16(25-18(13)15)12(2)20-17(23)10-14-11-22-7-8-26-19(22)21-14/h4-9,11-12H,3,10H2,1-2H3,(H,20,23). The molecule has 4 aromatic rings. The Balaban J connectivity index is 1.47. The van der Waals surface area contributed by atoms with E-state index in [1.165, 1.54) is 0 Å². The lowest BCUT2D eigenvalue weighted by Crippen LogP contribution is -2.27. The molecule has 1 aromatic carbocycles. The minimum absolute atomic E-state index is 0.0891. The highest BCUT2D eigenvalue weighted by atomic mass is 32.1. The molecule has 0 saturated heterocycles. The van der Waals surface area contributed by atoms with Crippen LogP contribution in [-0.2, 0) is 11.2 Å². The highest BCUT2D eigenvalue weighted by Gasteiger charge is 2.17. The SMILES string of the molecule is CCOc1cccc2cc(C(C)NC(=O)Cc3cn4ccsc4n3)oc12. The van der Waals surface area contributed by atoms with E-state index in [4.69, 9.17) is 9.15 Å². The third kappa shape index (κ3) is 3.17. The summed E-state index contributed by atoms with van der Waals surface area (Å²) < 4.78 is 13.5. The van der Waals surface area contributed by atoms with Crippen LogP contribution < -0.4 is 10.1 Å². The van der Waals surface area contributed by atoms with Gasteiger partial charge >= 0.3 is 0 Å². The van der Waals surface area contributed by atoms with Crippen LogP contribution in [0.2, 0.25) is 0 Å². The van der Waals surface area contributed by atoms with Gasteiger partial charge in [-0.25, -0.2) is 4.98 Å². The molecule has 1 atom stereocenters. The highest BCUT2D eigenvalue weighted by molar-refractivity contribution is 7.15. The van der Waals surface area contributed by atoms with E-state index in [1.54, 1.807) is 11.3 Å². The van der Waals surface area contributed by atoms with Crippen molar-refractivity contribution in [2.75, 3.05) is 6.61 Å². The van der Waals surface area contributed by atoms with Crippen LogP contribution in [0.15, 0.2) is 46.5 Å². The van der Waals surface area contributed by atoms with Crippen molar-refractivity contribution in [3.8, 4) is 5.75 Å². The molecule has 0 fully saturated rings. The molecule has 3 aromatic heterocycles. The molecule has 1 N–H and O–H groups in total. The zero-order chi connectivity index (χ0) is 18.1. The van der Waals surface area contributed by atoms with Crippen LogP contribution in [0, 0.1) is 0 Å². The van der Waals surface area contributed by atoms with Gasteiger partial charge in [0.2, 0.25) is 5.91 Å². The number of thiazole rings is 1. The molecule has 0 saturated carbocycles. The van der Waals surface area contributed by atoms with Gasteiger partial charge < -0.3 is 14.5 Å². The third-order valence-corrected chi connectivity index (χ3v) is 4.89. The Labute approximate surface area is 154 Å². The Bertz CT molecular complexity index is 1030. The maximum atomic E-state index is 12.4. The number of aromatic nitrogens is 2. The second-order valence-corrected chi connectivity index (χ2v) is 6.92. The second-order valence-electron chi connectivity index (χ2n) is 6.05. The van der Waals surface area contributed by atoms with Gasteiger partial charge in [0.25, 0.3) is 0 Å². The van der Waals surface area contributed by atoms with Gasteiger partial charge in [-0.15, -0.1) is 11.3 Å². The number of amides is 1. The number of furan rings is 1. The predicted molar refractivity (Wildman–Crippen MR) is 101 cm³/mol. The van der Waals surface area contributed by atoms with Gasteiger partial charge in [0, 0.05) is 23.2 Å². The summed E-state index contributed by atoms with van der Waals surface area (Å²) in [6.07, 6.45) is 4.05. The van der Waals surface area contributed by atoms with Gasteiger partial charge in [-0.3, -0.25) is 9.20 Å². The molecule has 0 bridgehead atoms. The molecule has 26 heavy (non-hydrogen) atoms. The quantitative estimate of drug-likeness (QED) is 0.558. The van der Waals surface area contributed by atoms with E-state index in [1.807, 2.05) is 60.3 Å². The maximum Gasteiger partial charge on any atom is 0.226 e. The number of carbonyl (C=O) groups is 1. The molecule has 6 nitrogen and oxygen atoms in total. The van der Waals surface area contributed by atoms with Gasteiger partial charge in [-0.2, -0.15) is 0 Å². The van der Waals surface area contributed by atoms with E-state index in [0.29, 0.717) is 23.7 Å². The molecule has 1 amide bonds. The molecule has 0 aliphatic carbocycles. The van der Waals surface area contributed by atoms with E-state index < -0.39 is 0 Å². The second kappa shape index (κ2) is 6.84. The predicted octanol–water partition coefficient (Wildman–Crippen LogP) is 3.96. The number of rotatable bonds is 6. The van der Waals surface area contributed by atoms with Gasteiger partial charge in [0.1, 0.15) is 5.76 Å². The lowest BCUT2D eigenvalue weighted by atomic mass is 10.2. The van der Waals surface area contributed by atoms with Crippen LogP contribution in [0.25, 0.3) is 15.9 Å². The average molecular weight is 369 g/mol. The van der Waals surface area contributed by atoms with Gasteiger partial charge in [-0.05, 0) is 26.0 Å². The fraction of sp³-hybridized carbons (Fsp3) is 0.263. The van der Waals surface area contributed by atoms with Crippen molar-refractivity contribution >= 4 is 33.2 Å². The topological polar surface area (TPSA) is 68.8 Å². The number of imidazole rings is 1. The maximum absolute atomic E-state index is 12.4. The molecular formula is C19H19N3O3S. The van der Waals surface area contributed by atoms with Crippen LogP contribution in [0.5, 0.6) is 5.75 Å². The molecule has 0 aliphatic rings. The number of ether oxygens (including phenoxy) is 1. The first-order valence-corrected chi connectivity index (χ1v) is 9.37. The summed E-state index contributed by atoms with van der Waals surface area (Å²) in [5.41, 5.74) is 1.46. The van der Waals surface area contributed by atoms with E-state index in [0.717, 1.165) is 16.0 Å². The number of carbonyl (C=O) groups excluding carboxylic acids is 1. The molecule has 0 radical (unpaired) electrons. The number of hydrogen-bond donors (Lipinski definition) is 1. The number of hydrogen-bond acceptors (Lipinski definition) is 5. The van der Waals surface area contributed by atoms with Gasteiger partial charge in [0.05, 0.1) is 24.8 Å². The van der Waals surface area contributed by atoms with Crippen molar-refractivity contribution in [3.63, 3.8) is 0 Å². The highest BCUT2D eigenvalue weighted by Crippen LogP contribution is 2.31. The molecule has 3 heterocycles. The van der Waals surface area contributed by atoms with Crippen molar-refractivity contribution in [1.82, 2.24) is 14.7 Å². The van der Waals surface area contributed by atoms with Crippen molar-refractivity contribution in [3.05, 3.63) is 53.5 Å². The molecule has 0 aliphatic heterocycles.